The van der Waals surface area contributed by atoms with Crippen molar-refractivity contribution in [2.75, 3.05) is 0 Å². The van der Waals surface area contributed by atoms with Gasteiger partial charge in [0.2, 0.25) is 5.13 Å². The SMILES string of the molecule is O=c1c(N=Nc2ccccc2O)c(-c2ccc([N+](=O)[O-])cc2)[nH]n1-c1nc(-c2ccccc2)cs1. The number of nitrogens with zero attached hydrogens (tertiary/aromatic N) is 5. The number of para-hydroxylation sites is 1. The van der Waals surface area contributed by atoms with Gasteiger partial charge in [0.1, 0.15) is 11.4 Å². The number of non-ortho nitro benzene ring substituents is 1. The summed E-state index contributed by atoms with van der Waals surface area (Å²) >= 11 is 1.27. The Labute approximate surface area is 201 Å². The highest BCUT2D eigenvalue weighted by Gasteiger charge is 2.20. The van der Waals surface area contributed by atoms with Crippen LogP contribution in [-0.2, 0) is 0 Å². The molecular weight excluding hydrogens is 468 g/mol. The summed E-state index contributed by atoms with van der Waals surface area (Å²) in [6.45, 7) is 0. The molecule has 0 bridgehead atoms. The van der Waals surface area contributed by atoms with Crippen LogP contribution in [0.25, 0.3) is 27.6 Å². The highest BCUT2D eigenvalue weighted by molar-refractivity contribution is 7.12. The number of nitrogens with one attached hydrogen (secondary N) is 1. The summed E-state index contributed by atoms with van der Waals surface area (Å²) < 4.78 is 1.26. The Balaban J connectivity index is 1.62. The van der Waals surface area contributed by atoms with E-state index in [1.54, 1.807) is 18.2 Å². The number of phenolic OH excluding ortho intramolecular Hbond substituents is 1. The number of phenols is 1. The van der Waals surface area contributed by atoms with Crippen LogP contribution >= 0.6 is 11.3 Å². The van der Waals surface area contributed by atoms with Crippen LogP contribution in [0.4, 0.5) is 17.1 Å². The molecule has 0 unspecified atom stereocenters. The lowest BCUT2D eigenvalue weighted by molar-refractivity contribution is -0.384. The zero-order valence-corrected chi connectivity index (χ0v) is 18.7. The average molecular weight is 484 g/mol. The third-order valence-corrected chi connectivity index (χ3v) is 5.95. The number of hydrogen-bond acceptors (Lipinski definition) is 8. The molecule has 3 aromatic carbocycles. The van der Waals surface area contributed by atoms with Crippen LogP contribution in [-0.4, -0.2) is 24.8 Å². The lowest BCUT2D eigenvalue weighted by Crippen LogP contribution is -2.13. The van der Waals surface area contributed by atoms with Crippen LogP contribution in [0.2, 0.25) is 0 Å². The van der Waals surface area contributed by atoms with Crippen molar-refractivity contribution in [2.45, 2.75) is 0 Å². The molecular formula is C24H16N6O4S. The first-order valence-corrected chi connectivity index (χ1v) is 11.2. The summed E-state index contributed by atoms with van der Waals surface area (Å²) in [6.07, 6.45) is 0. The molecule has 0 aliphatic carbocycles. The fourth-order valence-corrected chi connectivity index (χ4v) is 4.16. The largest absolute Gasteiger partial charge is 0.506 e. The molecule has 5 aromatic rings. The Bertz CT molecular complexity index is 1600. The second kappa shape index (κ2) is 9.15. The fourth-order valence-electron chi connectivity index (χ4n) is 3.37. The third-order valence-electron chi connectivity index (χ3n) is 5.13. The van der Waals surface area contributed by atoms with Gasteiger partial charge in [0.05, 0.1) is 16.3 Å². The van der Waals surface area contributed by atoms with Gasteiger partial charge in [-0.25, -0.2) is 4.98 Å². The molecule has 172 valence electrons. The smallest absolute Gasteiger partial charge is 0.301 e. The molecule has 0 saturated heterocycles. The van der Waals surface area contributed by atoms with Crippen LogP contribution in [0.15, 0.2) is 99.3 Å². The third kappa shape index (κ3) is 4.35. The highest BCUT2D eigenvalue weighted by Crippen LogP contribution is 2.32. The van der Waals surface area contributed by atoms with Crippen LogP contribution in [0, 0.1) is 10.1 Å². The number of nitro groups is 1. The zero-order chi connectivity index (χ0) is 24.4. The molecule has 2 N–H and O–H groups in total. The molecule has 0 saturated carbocycles. The first-order chi connectivity index (χ1) is 17.0. The number of aromatic amines is 1. The van der Waals surface area contributed by atoms with Crippen molar-refractivity contribution in [3.05, 3.63) is 105 Å². The van der Waals surface area contributed by atoms with Crippen LogP contribution in [0.5, 0.6) is 5.75 Å². The van der Waals surface area contributed by atoms with Gasteiger partial charge in [0, 0.05) is 28.6 Å². The minimum atomic E-state index is -0.508. The van der Waals surface area contributed by atoms with Gasteiger partial charge in [-0.1, -0.05) is 42.5 Å². The number of H-pyrrole nitrogens is 1. The van der Waals surface area contributed by atoms with Crippen LogP contribution in [0.3, 0.4) is 0 Å². The topological polar surface area (TPSA) is 139 Å². The molecule has 0 fully saturated rings. The summed E-state index contributed by atoms with van der Waals surface area (Å²) in [5, 5.41) is 34.5. The minimum absolute atomic E-state index is 0.0291. The van der Waals surface area contributed by atoms with E-state index in [9.17, 15) is 20.0 Å². The second-order valence-electron chi connectivity index (χ2n) is 7.35. The van der Waals surface area contributed by atoms with Gasteiger partial charge in [0.25, 0.3) is 5.69 Å². The molecule has 11 heteroatoms. The minimum Gasteiger partial charge on any atom is -0.506 e. The Morgan fingerprint density at radius 3 is 2.37 bits per heavy atom. The maximum atomic E-state index is 13.4. The van der Waals surface area contributed by atoms with Gasteiger partial charge in [-0.05, 0) is 24.3 Å². The second-order valence-corrected chi connectivity index (χ2v) is 8.19. The predicted octanol–water partition coefficient (Wildman–Crippen LogP) is 5.99. The van der Waals surface area contributed by atoms with Gasteiger partial charge in [-0.3, -0.25) is 20.0 Å². The van der Waals surface area contributed by atoms with Crippen molar-refractivity contribution in [1.82, 2.24) is 14.8 Å². The Morgan fingerprint density at radius 1 is 0.943 bits per heavy atom. The molecule has 5 rings (SSSR count). The lowest BCUT2D eigenvalue weighted by Gasteiger charge is -2.00. The fraction of sp³-hybridized carbons (Fsp3) is 0. The molecule has 0 atom stereocenters. The van der Waals surface area contributed by atoms with Gasteiger partial charge in [-0.15, -0.1) is 21.6 Å². The highest BCUT2D eigenvalue weighted by atomic mass is 32.1. The summed E-state index contributed by atoms with van der Waals surface area (Å²) in [5.41, 5.74) is 1.99. The van der Waals surface area contributed by atoms with Crippen molar-refractivity contribution in [3.63, 3.8) is 0 Å². The molecule has 10 nitrogen and oxygen atoms in total. The molecule has 2 heterocycles. The number of nitro benzene ring substituents is 1. The number of rotatable bonds is 6. The number of azo groups is 1. The Morgan fingerprint density at radius 2 is 1.66 bits per heavy atom. The molecule has 0 aliphatic heterocycles. The average Bonchev–Trinajstić information content (AvgIpc) is 3.49. The Kier molecular flexibility index (Phi) is 5.73. The summed E-state index contributed by atoms with van der Waals surface area (Å²) in [5.74, 6) is -0.0866. The number of aromatic nitrogens is 3. The normalized spacial score (nSPS) is 11.2. The molecule has 35 heavy (non-hydrogen) atoms. The lowest BCUT2D eigenvalue weighted by atomic mass is 10.1. The number of thiazole rings is 1. The number of benzene rings is 3. The van der Waals surface area contributed by atoms with E-state index in [0.29, 0.717) is 22.1 Å². The van der Waals surface area contributed by atoms with Crippen molar-refractivity contribution in [3.8, 4) is 33.4 Å². The van der Waals surface area contributed by atoms with Gasteiger partial charge in [-0.2, -0.15) is 4.68 Å². The molecule has 2 aromatic heterocycles. The first kappa shape index (κ1) is 21.9. The molecule has 0 radical (unpaired) electrons. The van der Waals surface area contributed by atoms with Crippen LogP contribution < -0.4 is 5.56 Å². The zero-order valence-electron chi connectivity index (χ0n) is 17.9. The molecule has 0 aliphatic rings. The van der Waals surface area contributed by atoms with Crippen molar-refractivity contribution < 1.29 is 10.0 Å². The van der Waals surface area contributed by atoms with Gasteiger partial charge >= 0.3 is 5.56 Å². The van der Waals surface area contributed by atoms with Crippen LogP contribution in [0.1, 0.15) is 0 Å². The van der Waals surface area contributed by atoms with E-state index >= 15 is 0 Å². The van der Waals surface area contributed by atoms with E-state index in [4.69, 9.17) is 0 Å². The number of aromatic hydroxyl groups is 1. The predicted molar refractivity (Wildman–Crippen MR) is 132 cm³/mol. The van der Waals surface area contributed by atoms with Crippen molar-refractivity contribution in [1.29, 1.82) is 0 Å². The quantitative estimate of drug-likeness (QED) is 0.173. The van der Waals surface area contributed by atoms with E-state index < -0.39 is 10.5 Å². The van der Waals surface area contributed by atoms with E-state index in [0.717, 1.165) is 5.56 Å². The van der Waals surface area contributed by atoms with Crippen molar-refractivity contribution >= 4 is 28.4 Å². The van der Waals surface area contributed by atoms with E-state index in [-0.39, 0.29) is 22.8 Å². The van der Waals surface area contributed by atoms with E-state index in [1.807, 2.05) is 35.7 Å². The number of hydrogen-bond donors (Lipinski definition) is 2. The van der Waals surface area contributed by atoms with Crippen molar-refractivity contribution in [2.24, 2.45) is 10.2 Å². The molecule has 0 amide bonds. The monoisotopic (exact) mass is 484 g/mol. The first-order valence-electron chi connectivity index (χ1n) is 10.3. The summed E-state index contributed by atoms with van der Waals surface area (Å²) in [7, 11) is 0. The molecule has 0 spiro atoms. The summed E-state index contributed by atoms with van der Waals surface area (Å²) in [4.78, 5) is 28.5. The van der Waals surface area contributed by atoms with Gasteiger partial charge < -0.3 is 5.11 Å². The van der Waals surface area contributed by atoms with Gasteiger partial charge in [0.15, 0.2) is 5.69 Å². The maximum absolute atomic E-state index is 13.4. The Hall–Kier alpha value is -4.90. The summed E-state index contributed by atoms with van der Waals surface area (Å²) in [6, 6.07) is 21.6. The van der Waals surface area contributed by atoms with E-state index in [2.05, 4.69) is 20.3 Å². The van der Waals surface area contributed by atoms with E-state index in [1.165, 1.54) is 46.4 Å². The maximum Gasteiger partial charge on any atom is 0.301 e. The standard InChI is InChI=1S/C24H16N6O4S/c31-20-9-5-4-8-18(20)26-27-22-21(16-10-12-17(13-11-16)30(33)34)28-29(23(22)32)24-25-19(14-35-24)15-6-2-1-3-7-15/h1-14,28,31H.